The van der Waals surface area contributed by atoms with Crippen LogP contribution in [0.15, 0.2) is 84.9 Å². The van der Waals surface area contributed by atoms with Gasteiger partial charge >= 0.3 is 21.7 Å². The fraction of sp³-hybridized carbons (Fsp3) is 0.348. The molecule has 6 nitrogen and oxygen atoms in total. The van der Waals surface area contributed by atoms with Crippen molar-refractivity contribution in [2.24, 2.45) is 0 Å². The maximum absolute atomic E-state index is 14.2. The molecular weight excluding hydrogens is 760 g/mol. The maximum atomic E-state index is 14.2. The molecule has 0 fully saturated rings. The summed E-state index contributed by atoms with van der Waals surface area (Å²) >= 11 is 0. The molecule has 4 aromatic carbocycles. The first-order valence-electron chi connectivity index (χ1n) is 18.5. The Hall–Kier alpha value is -4.03. The topological polar surface area (TPSA) is 22.8 Å². The molecule has 0 aliphatic heterocycles. The van der Waals surface area contributed by atoms with Crippen LogP contribution in [-0.2, 0) is 47.9 Å². The van der Waals surface area contributed by atoms with Gasteiger partial charge in [-0.15, -0.1) is 36.4 Å². The van der Waals surface area contributed by atoms with Crippen molar-refractivity contribution in [2.45, 2.75) is 53.9 Å². The predicted octanol–water partition coefficient (Wildman–Crippen LogP) is 9.40. The Kier molecular flexibility index (Phi) is 20.2. The summed E-state index contributed by atoms with van der Waals surface area (Å²) in [5.41, 5.74) is 9.33. The van der Waals surface area contributed by atoms with E-state index in [0.717, 1.165) is 49.0 Å². The first kappa shape index (κ1) is 49.1. The summed E-state index contributed by atoms with van der Waals surface area (Å²) in [5.74, 6) is -2.70. The Morgan fingerprint density at radius 1 is 0.456 bits per heavy atom. The normalized spacial score (nSPS) is 10.9. The summed E-state index contributed by atoms with van der Waals surface area (Å²) in [6.07, 6.45) is 0. The number of nitrogens with zero attached hydrogens (tertiary/aromatic N) is 6. The van der Waals surface area contributed by atoms with Crippen molar-refractivity contribution in [1.29, 1.82) is 0 Å². The van der Waals surface area contributed by atoms with Gasteiger partial charge in [0.15, 0.2) is 0 Å². The van der Waals surface area contributed by atoms with Gasteiger partial charge in [-0.1, -0.05) is 0 Å². The van der Waals surface area contributed by atoms with E-state index in [9.17, 15) is 17.6 Å². The third-order valence-corrected chi connectivity index (χ3v) is 8.99. The fourth-order valence-corrected chi connectivity index (χ4v) is 6.60. The summed E-state index contributed by atoms with van der Waals surface area (Å²) in [7, 11) is 16.1. The van der Waals surface area contributed by atoms with Crippen LogP contribution in [0.3, 0.4) is 0 Å². The number of benzene rings is 2. The van der Waals surface area contributed by atoms with Crippen molar-refractivity contribution in [2.75, 3.05) is 56.4 Å². The Morgan fingerprint density at radius 2 is 0.702 bits per heavy atom. The summed E-state index contributed by atoms with van der Waals surface area (Å²) < 4.78 is 58.5. The number of halogens is 4. The molecule has 2 heterocycles. The van der Waals surface area contributed by atoms with Crippen LogP contribution in [-0.4, -0.2) is 85.1 Å². The molecule has 0 saturated carbocycles. The quantitative estimate of drug-likeness (QED) is 0.0782. The molecule has 6 rings (SSSR count). The number of hydrogen-bond donors (Lipinski definition) is 0. The molecule has 304 valence electrons. The van der Waals surface area contributed by atoms with Crippen molar-refractivity contribution in [3.05, 3.63) is 165 Å². The summed E-state index contributed by atoms with van der Waals surface area (Å²) in [4.78, 5) is 8.38. The van der Waals surface area contributed by atoms with E-state index in [1.807, 2.05) is 154 Å². The molecule has 0 aliphatic carbocycles. The molecule has 0 aliphatic rings. The van der Waals surface area contributed by atoms with Crippen molar-refractivity contribution in [3.8, 4) is 11.4 Å². The van der Waals surface area contributed by atoms with E-state index in [0.29, 0.717) is 11.4 Å². The fourth-order valence-electron chi connectivity index (χ4n) is 6.60. The van der Waals surface area contributed by atoms with Crippen molar-refractivity contribution < 1.29 is 39.3 Å². The summed E-state index contributed by atoms with van der Waals surface area (Å²) in [5, 5.41) is 0. The second kappa shape index (κ2) is 23.4. The molecule has 57 heavy (non-hydrogen) atoms. The van der Waals surface area contributed by atoms with Gasteiger partial charge in [0.1, 0.15) is 0 Å². The Labute approximate surface area is 353 Å². The van der Waals surface area contributed by atoms with E-state index >= 15 is 0 Å². The second-order valence-corrected chi connectivity index (χ2v) is 14.8. The van der Waals surface area contributed by atoms with E-state index in [2.05, 4.69) is 31.7 Å². The van der Waals surface area contributed by atoms with Crippen molar-refractivity contribution in [3.63, 3.8) is 0 Å². The largest absolute Gasteiger partial charge is 4.00 e. The van der Waals surface area contributed by atoms with Gasteiger partial charge < -0.3 is 28.7 Å². The first-order chi connectivity index (χ1) is 26.4. The van der Waals surface area contributed by atoms with Crippen LogP contribution in [0.2, 0.25) is 0 Å². The summed E-state index contributed by atoms with van der Waals surface area (Å²) in [6, 6.07) is 29.7. The molecule has 0 atom stereocenters. The van der Waals surface area contributed by atoms with Crippen LogP contribution in [0.5, 0.6) is 0 Å². The van der Waals surface area contributed by atoms with E-state index in [1.54, 1.807) is 0 Å². The molecule has 0 N–H and O–H groups in total. The van der Waals surface area contributed by atoms with Gasteiger partial charge in [0.2, 0.25) is 0 Å². The Balaban J connectivity index is 0.000000310. The zero-order valence-corrected chi connectivity index (χ0v) is 37.2. The second-order valence-electron chi connectivity index (χ2n) is 14.8. The van der Waals surface area contributed by atoms with E-state index in [-0.39, 0.29) is 21.7 Å². The number of aromatic nitrogens is 2. The van der Waals surface area contributed by atoms with Gasteiger partial charge in [-0.25, -0.2) is 41.8 Å². The standard InChI is InChI=1S/2C18H24F2N3.2C5H5.Ti/c2*1-12-15(10-21(3)4)16(11-22(5)6)13(2)23(12)18-8-7-14(19)9-17(18)20;2*1-2-4-5-3-1;/h2*7-8H,10-11H2,1-6H3;2*1-5H;/q4*-1;+4. The Morgan fingerprint density at radius 3 is 0.877 bits per heavy atom. The minimum atomic E-state index is -0.684. The minimum absolute atomic E-state index is 0. The minimum Gasteiger partial charge on any atom is -0.369 e. The van der Waals surface area contributed by atoms with E-state index in [1.165, 1.54) is 46.5 Å². The number of rotatable bonds is 10. The SMILES string of the molecule is Cc1c(CN(C)C)c(CN(C)C)c(C)n1-c1ccc(F)[c-]c1F.Cc1c(CN(C)C)c(CN(C)C)c(C)n1-c1ccc(F)[c-]c1F.[Ti+4].c1cc[cH-]c1.c1cc[cH-]c1. The van der Waals surface area contributed by atoms with Crippen molar-refractivity contribution in [1.82, 2.24) is 28.7 Å². The molecule has 11 heteroatoms. The molecule has 6 aromatic rings. The molecule has 0 spiro atoms. The molecule has 2 aromatic heterocycles. The van der Waals surface area contributed by atoms with Crippen molar-refractivity contribution >= 4 is 0 Å². The van der Waals surface area contributed by atoms with Gasteiger partial charge in [0.25, 0.3) is 0 Å². The van der Waals surface area contributed by atoms with Crippen LogP contribution >= 0.6 is 0 Å². The van der Waals surface area contributed by atoms with Crippen LogP contribution in [0.25, 0.3) is 11.4 Å². The number of hydrogen-bond acceptors (Lipinski definition) is 4. The summed E-state index contributed by atoms with van der Waals surface area (Å²) in [6.45, 7) is 11.0. The van der Waals surface area contributed by atoms with Crippen LogP contribution in [0.4, 0.5) is 17.6 Å². The zero-order valence-electron chi connectivity index (χ0n) is 35.6. The van der Waals surface area contributed by atoms with Crippen LogP contribution < -0.4 is 0 Å². The van der Waals surface area contributed by atoms with Gasteiger partial charge in [0.05, 0.1) is 0 Å². The smallest absolute Gasteiger partial charge is 0.369 e. The van der Waals surface area contributed by atoms with Crippen LogP contribution in [0.1, 0.15) is 45.0 Å². The monoisotopic (exact) mass is 818 g/mol. The van der Waals surface area contributed by atoms with Gasteiger partial charge in [0, 0.05) is 72.2 Å². The van der Waals surface area contributed by atoms with Gasteiger partial charge in [-0.2, -0.15) is 36.4 Å². The average molecular weight is 819 g/mol. The molecule has 0 bridgehead atoms. The average Bonchev–Trinajstić information content (AvgIpc) is 3.94. The van der Waals surface area contributed by atoms with Crippen LogP contribution in [0, 0.1) is 63.1 Å². The third-order valence-electron chi connectivity index (χ3n) is 8.99. The Bertz CT molecular complexity index is 1810. The third kappa shape index (κ3) is 14.1. The molecule has 0 unspecified atom stereocenters. The van der Waals surface area contributed by atoms with E-state index < -0.39 is 23.3 Å². The maximum Gasteiger partial charge on any atom is 4.00 e. The first-order valence-corrected chi connectivity index (χ1v) is 18.5. The molecule has 0 radical (unpaired) electrons. The molecule has 0 amide bonds. The molecular formula is C46H58F4N6Ti. The van der Waals surface area contributed by atoms with E-state index in [4.69, 9.17) is 0 Å². The predicted molar refractivity (Wildman–Crippen MR) is 222 cm³/mol. The van der Waals surface area contributed by atoms with Gasteiger partial charge in [-0.3, -0.25) is 0 Å². The van der Waals surface area contributed by atoms with Gasteiger partial charge in [-0.05, 0) is 118 Å². The zero-order chi connectivity index (χ0) is 41.7. The molecule has 0 saturated heterocycles.